The molecule has 1 N–H and O–H groups in total. The summed E-state index contributed by atoms with van der Waals surface area (Å²) in [5, 5.41) is 11.0. The lowest BCUT2D eigenvalue weighted by atomic mass is 9.65. The molecule has 1 saturated carbocycles. The Morgan fingerprint density at radius 1 is 1.23 bits per heavy atom. The SMILES string of the molecule is CC(=O)N1CC2(C[C@@H](O)[C@H](N3CCCc4ccccc4C3)C2)C1C(C)C. The predicted octanol–water partition coefficient (Wildman–Crippen LogP) is 2.83. The van der Waals surface area contributed by atoms with E-state index in [9.17, 15) is 9.90 Å². The molecule has 2 heterocycles. The molecule has 26 heavy (non-hydrogen) atoms. The summed E-state index contributed by atoms with van der Waals surface area (Å²) in [6.45, 7) is 8.92. The first-order valence-corrected chi connectivity index (χ1v) is 10.2. The van der Waals surface area contributed by atoms with E-state index in [0.29, 0.717) is 5.92 Å². The second-order valence-corrected chi connectivity index (χ2v) is 9.08. The van der Waals surface area contributed by atoms with Crippen LogP contribution in [0, 0.1) is 11.3 Å². The van der Waals surface area contributed by atoms with Gasteiger partial charge in [-0.2, -0.15) is 0 Å². The van der Waals surface area contributed by atoms with Gasteiger partial charge in [-0.15, -0.1) is 0 Å². The van der Waals surface area contributed by atoms with Crippen LogP contribution in [0.2, 0.25) is 0 Å². The number of fused-ring (bicyclic) bond motifs is 1. The number of benzene rings is 1. The van der Waals surface area contributed by atoms with E-state index in [1.54, 1.807) is 6.92 Å². The number of rotatable bonds is 2. The minimum absolute atomic E-state index is 0.107. The van der Waals surface area contributed by atoms with Crippen molar-refractivity contribution in [2.45, 2.75) is 71.2 Å². The Labute approximate surface area is 157 Å². The molecule has 2 unspecified atom stereocenters. The van der Waals surface area contributed by atoms with Crippen LogP contribution in [-0.4, -0.2) is 52.1 Å². The monoisotopic (exact) mass is 356 g/mol. The highest BCUT2D eigenvalue weighted by molar-refractivity contribution is 5.75. The van der Waals surface area contributed by atoms with E-state index in [-0.39, 0.29) is 29.5 Å². The molecule has 4 heteroatoms. The van der Waals surface area contributed by atoms with Crippen LogP contribution in [0.1, 0.15) is 51.2 Å². The molecule has 2 aliphatic heterocycles. The van der Waals surface area contributed by atoms with Gasteiger partial charge in [0.25, 0.3) is 0 Å². The highest BCUT2D eigenvalue weighted by atomic mass is 16.3. The van der Waals surface area contributed by atoms with Gasteiger partial charge in [0.1, 0.15) is 0 Å². The third-order valence-corrected chi connectivity index (χ3v) is 7.01. The van der Waals surface area contributed by atoms with Crippen LogP contribution in [0.5, 0.6) is 0 Å². The van der Waals surface area contributed by atoms with Gasteiger partial charge in [0, 0.05) is 37.5 Å². The van der Waals surface area contributed by atoms with Crippen molar-refractivity contribution < 1.29 is 9.90 Å². The minimum Gasteiger partial charge on any atom is -0.391 e. The number of nitrogens with zero attached hydrogens (tertiary/aromatic N) is 2. The highest BCUT2D eigenvalue weighted by Crippen LogP contribution is 2.54. The average molecular weight is 357 g/mol. The number of carbonyl (C=O) groups is 1. The summed E-state index contributed by atoms with van der Waals surface area (Å²) in [5.41, 5.74) is 2.98. The van der Waals surface area contributed by atoms with Crippen LogP contribution in [0.15, 0.2) is 24.3 Å². The van der Waals surface area contributed by atoms with Gasteiger partial charge in [-0.3, -0.25) is 9.69 Å². The fourth-order valence-corrected chi connectivity index (χ4v) is 6.06. The van der Waals surface area contributed by atoms with Crippen molar-refractivity contribution >= 4 is 5.91 Å². The molecular weight excluding hydrogens is 324 g/mol. The molecule has 0 aromatic heterocycles. The Hall–Kier alpha value is -1.39. The number of aliphatic hydroxyl groups is 1. The normalized spacial score (nSPS) is 34.7. The van der Waals surface area contributed by atoms with Crippen molar-refractivity contribution in [1.29, 1.82) is 0 Å². The van der Waals surface area contributed by atoms with Crippen LogP contribution >= 0.6 is 0 Å². The van der Waals surface area contributed by atoms with Crippen molar-refractivity contribution in [3.8, 4) is 0 Å². The lowest BCUT2D eigenvalue weighted by Crippen LogP contribution is -2.67. The molecule has 0 bridgehead atoms. The summed E-state index contributed by atoms with van der Waals surface area (Å²) in [5.74, 6) is 0.611. The maximum atomic E-state index is 12.0. The summed E-state index contributed by atoms with van der Waals surface area (Å²) >= 11 is 0. The van der Waals surface area contributed by atoms with Gasteiger partial charge in [-0.1, -0.05) is 38.1 Å². The Bertz CT molecular complexity index is 688. The summed E-state index contributed by atoms with van der Waals surface area (Å²) in [4.78, 5) is 16.5. The molecule has 1 saturated heterocycles. The number of carbonyl (C=O) groups excluding carboxylic acids is 1. The number of aliphatic hydroxyl groups excluding tert-OH is 1. The quantitative estimate of drug-likeness (QED) is 0.886. The largest absolute Gasteiger partial charge is 0.391 e. The summed E-state index contributed by atoms with van der Waals surface area (Å²) < 4.78 is 0. The standard InChI is InChI=1S/C22H32N2O2/c1-15(2)21-22(14-24(21)16(3)25)11-19(20(26)12-22)23-10-6-9-17-7-4-5-8-18(17)13-23/h4-5,7-8,15,19-21,26H,6,9-14H2,1-3H3/t19-,20-,21?,22?/m1/s1. The van der Waals surface area contributed by atoms with Crippen molar-refractivity contribution in [3.05, 3.63) is 35.4 Å². The second-order valence-electron chi connectivity index (χ2n) is 9.08. The van der Waals surface area contributed by atoms with Crippen LogP contribution in [0.25, 0.3) is 0 Å². The Morgan fingerprint density at radius 3 is 2.65 bits per heavy atom. The maximum Gasteiger partial charge on any atom is 0.219 e. The number of aryl methyl sites for hydroxylation is 1. The van der Waals surface area contributed by atoms with Gasteiger partial charge in [0.15, 0.2) is 0 Å². The number of amides is 1. The van der Waals surface area contributed by atoms with Crippen molar-refractivity contribution in [2.75, 3.05) is 13.1 Å². The van der Waals surface area contributed by atoms with Gasteiger partial charge in [-0.05, 0) is 49.3 Å². The van der Waals surface area contributed by atoms with E-state index < -0.39 is 0 Å². The molecule has 0 radical (unpaired) electrons. The Balaban J connectivity index is 1.53. The highest BCUT2D eigenvalue weighted by Gasteiger charge is 2.60. The van der Waals surface area contributed by atoms with Crippen molar-refractivity contribution in [1.82, 2.24) is 9.80 Å². The zero-order chi connectivity index (χ0) is 18.5. The third kappa shape index (κ3) is 2.87. The van der Waals surface area contributed by atoms with Crippen LogP contribution < -0.4 is 0 Å². The van der Waals surface area contributed by atoms with Crippen LogP contribution in [0.3, 0.4) is 0 Å². The van der Waals surface area contributed by atoms with E-state index in [1.165, 1.54) is 11.1 Å². The topological polar surface area (TPSA) is 43.8 Å². The lowest BCUT2D eigenvalue weighted by molar-refractivity contribution is -0.158. The molecule has 1 spiro atoms. The molecule has 4 rings (SSSR count). The van der Waals surface area contributed by atoms with Crippen LogP contribution in [0.4, 0.5) is 0 Å². The lowest BCUT2D eigenvalue weighted by Gasteiger charge is -2.58. The van der Waals surface area contributed by atoms with Gasteiger partial charge in [0.2, 0.25) is 5.91 Å². The van der Waals surface area contributed by atoms with Crippen molar-refractivity contribution in [2.24, 2.45) is 11.3 Å². The molecule has 2 fully saturated rings. The zero-order valence-electron chi connectivity index (χ0n) is 16.3. The second kappa shape index (κ2) is 6.65. The van der Waals surface area contributed by atoms with Crippen molar-refractivity contribution in [3.63, 3.8) is 0 Å². The van der Waals surface area contributed by atoms with Crippen LogP contribution in [-0.2, 0) is 17.8 Å². The Kier molecular flexibility index (Phi) is 4.60. The molecule has 1 aromatic carbocycles. The van der Waals surface area contributed by atoms with E-state index in [1.807, 2.05) is 4.90 Å². The first kappa shape index (κ1) is 18.0. The number of hydrogen-bond acceptors (Lipinski definition) is 3. The van der Waals surface area contributed by atoms with Gasteiger partial charge >= 0.3 is 0 Å². The Morgan fingerprint density at radius 2 is 1.96 bits per heavy atom. The van der Waals surface area contributed by atoms with Gasteiger partial charge in [0.05, 0.1) is 6.10 Å². The summed E-state index contributed by atoms with van der Waals surface area (Å²) in [6.07, 6.45) is 3.86. The zero-order valence-corrected chi connectivity index (χ0v) is 16.3. The fraction of sp³-hybridized carbons (Fsp3) is 0.682. The first-order valence-electron chi connectivity index (χ1n) is 10.2. The molecule has 142 valence electrons. The van der Waals surface area contributed by atoms with E-state index >= 15 is 0 Å². The van der Waals surface area contributed by atoms with E-state index in [0.717, 1.165) is 45.3 Å². The molecular formula is C22H32N2O2. The molecule has 3 aliphatic rings. The van der Waals surface area contributed by atoms with Gasteiger partial charge in [-0.25, -0.2) is 0 Å². The van der Waals surface area contributed by atoms with E-state index in [4.69, 9.17) is 0 Å². The molecule has 1 amide bonds. The first-order chi connectivity index (χ1) is 12.4. The summed E-state index contributed by atoms with van der Waals surface area (Å²) in [6, 6.07) is 9.24. The number of likely N-dealkylation sites (tertiary alicyclic amines) is 1. The molecule has 4 nitrogen and oxygen atoms in total. The van der Waals surface area contributed by atoms with Gasteiger partial charge < -0.3 is 10.0 Å². The summed E-state index contributed by atoms with van der Waals surface area (Å²) in [7, 11) is 0. The van der Waals surface area contributed by atoms with E-state index in [2.05, 4.69) is 43.0 Å². The smallest absolute Gasteiger partial charge is 0.219 e. The fourth-order valence-electron chi connectivity index (χ4n) is 6.06. The predicted molar refractivity (Wildman–Crippen MR) is 103 cm³/mol. The average Bonchev–Trinajstić information content (AvgIpc) is 2.78. The maximum absolute atomic E-state index is 12.0. The molecule has 1 aliphatic carbocycles. The minimum atomic E-state index is -0.282. The number of hydrogen-bond donors (Lipinski definition) is 1. The third-order valence-electron chi connectivity index (χ3n) is 7.01. The molecule has 1 aromatic rings. The molecule has 4 atom stereocenters.